The van der Waals surface area contributed by atoms with Gasteiger partial charge in [-0.2, -0.15) is 4.98 Å². The van der Waals surface area contributed by atoms with Crippen molar-refractivity contribution in [2.75, 3.05) is 43.9 Å². The molecule has 2 aromatic carbocycles. The number of fused-ring (bicyclic) bond motifs is 1. The molecule has 1 aliphatic heterocycles. The van der Waals surface area contributed by atoms with Gasteiger partial charge in [-0.25, -0.2) is 13.4 Å². The van der Waals surface area contributed by atoms with Crippen molar-refractivity contribution in [3.63, 3.8) is 0 Å². The van der Waals surface area contributed by atoms with E-state index in [0.717, 1.165) is 42.1 Å². The molecule has 2 N–H and O–H groups in total. The summed E-state index contributed by atoms with van der Waals surface area (Å²) in [7, 11) is -1.44. The number of benzene rings is 2. The molecule has 9 nitrogen and oxygen atoms in total. The molecule has 198 valence electrons. The molecule has 0 atom stereocenters. The standard InChI is InChI=1S/C27H30N6O3S2/c1-18(2)38(35,36)23-7-5-4-6-21(23)29-25-24-22(12-17-37-24)30-27(31-25)28-20-10-8-19(9-11-20)26(34)33-15-13-32(3)14-16-33/h4-12,17-18H,13-16H2,1-3H3,(H2,28,29,30,31). The Morgan fingerprint density at radius 3 is 2.37 bits per heavy atom. The lowest BCUT2D eigenvalue weighted by atomic mass is 10.1. The lowest BCUT2D eigenvalue weighted by molar-refractivity contribution is 0.0664. The maximum absolute atomic E-state index is 12.9. The number of thiophene rings is 1. The summed E-state index contributed by atoms with van der Waals surface area (Å²) in [5.74, 6) is 0.906. The average molecular weight is 551 g/mol. The molecule has 1 amide bonds. The van der Waals surface area contributed by atoms with Crippen molar-refractivity contribution in [2.45, 2.75) is 24.0 Å². The third kappa shape index (κ3) is 5.35. The van der Waals surface area contributed by atoms with E-state index in [0.29, 0.717) is 23.0 Å². The zero-order valence-corrected chi connectivity index (χ0v) is 23.1. The highest BCUT2D eigenvalue weighted by molar-refractivity contribution is 7.92. The molecule has 5 rings (SSSR count). The fraction of sp³-hybridized carbons (Fsp3) is 0.296. The van der Waals surface area contributed by atoms with Crippen LogP contribution < -0.4 is 10.6 Å². The fourth-order valence-electron chi connectivity index (χ4n) is 4.22. The van der Waals surface area contributed by atoms with E-state index in [-0.39, 0.29) is 10.8 Å². The second kappa shape index (κ2) is 10.7. The predicted molar refractivity (Wildman–Crippen MR) is 153 cm³/mol. The molecule has 0 saturated carbocycles. The molecule has 3 heterocycles. The van der Waals surface area contributed by atoms with E-state index in [1.165, 1.54) is 11.3 Å². The van der Waals surface area contributed by atoms with Crippen LogP contribution in [0.15, 0.2) is 64.9 Å². The number of likely N-dealkylation sites (N-methyl/N-ethyl adjacent to an activating group) is 1. The van der Waals surface area contributed by atoms with Crippen LogP contribution in [0.5, 0.6) is 0 Å². The molecular formula is C27H30N6O3S2. The van der Waals surface area contributed by atoms with Crippen molar-refractivity contribution in [3.8, 4) is 0 Å². The summed E-state index contributed by atoms with van der Waals surface area (Å²) in [6.07, 6.45) is 0. The second-order valence-electron chi connectivity index (χ2n) is 9.54. The zero-order chi connectivity index (χ0) is 26.9. The van der Waals surface area contributed by atoms with Gasteiger partial charge in [0.25, 0.3) is 5.91 Å². The van der Waals surface area contributed by atoms with Crippen molar-refractivity contribution < 1.29 is 13.2 Å². The Bertz CT molecular complexity index is 1560. The first-order chi connectivity index (χ1) is 18.2. The van der Waals surface area contributed by atoms with Gasteiger partial charge in [-0.15, -0.1) is 11.3 Å². The summed E-state index contributed by atoms with van der Waals surface area (Å²) in [6, 6.07) is 16.0. The second-order valence-corrected chi connectivity index (χ2v) is 12.9. The lowest BCUT2D eigenvalue weighted by Gasteiger charge is -2.32. The van der Waals surface area contributed by atoms with Gasteiger partial charge in [0.1, 0.15) is 0 Å². The van der Waals surface area contributed by atoms with E-state index in [1.54, 1.807) is 50.2 Å². The summed E-state index contributed by atoms with van der Waals surface area (Å²) in [4.78, 5) is 26.5. The Hall–Kier alpha value is -3.54. The molecular weight excluding hydrogens is 520 g/mol. The van der Waals surface area contributed by atoms with Gasteiger partial charge in [-0.3, -0.25) is 4.79 Å². The molecule has 1 saturated heterocycles. The number of rotatable bonds is 7. The van der Waals surface area contributed by atoms with E-state index in [9.17, 15) is 13.2 Å². The Morgan fingerprint density at radius 1 is 0.947 bits per heavy atom. The average Bonchev–Trinajstić information content (AvgIpc) is 3.38. The molecule has 0 bridgehead atoms. The van der Waals surface area contributed by atoms with Crippen LogP contribution in [-0.2, 0) is 9.84 Å². The highest BCUT2D eigenvalue weighted by atomic mass is 32.2. The number of para-hydroxylation sites is 1. The number of carbonyl (C=O) groups is 1. The molecule has 38 heavy (non-hydrogen) atoms. The Kier molecular flexibility index (Phi) is 7.33. The third-order valence-electron chi connectivity index (χ3n) is 6.55. The first kappa shape index (κ1) is 26.1. The minimum Gasteiger partial charge on any atom is -0.338 e. The highest BCUT2D eigenvalue weighted by Crippen LogP contribution is 2.33. The quantitative estimate of drug-likeness (QED) is 0.340. The fourth-order valence-corrected chi connectivity index (χ4v) is 6.20. The molecule has 0 aliphatic carbocycles. The third-order valence-corrected chi connectivity index (χ3v) is 9.67. The van der Waals surface area contributed by atoms with Crippen LogP contribution in [0.4, 0.5) is 23.1 Å². The van der Waals surface area contributed by atoms with Crippen LogP contribution in [0.2, 0.25) is 0 Å². The summed E-state index contributed by atoms with van der Waals surface area (Å²) in [5, 5.41) is 7.82. The first-order valence-corrected chi connectivity index (χ1v) is 14.8. The summed E-state index contributed by atoms with van der Waals surface area (Å²) in [6.45, 7) is 6.53. The molecule has 1 aliphatic rings. The van der Waals surface area contributed by atoms with E-state index in [1.807, 2.05) is 28.5 Å². The van der Waals surface area contributed by atoms with Gasteiger partial charge in [0.05, 0.1) is 26.0 Å². The number of carbonyl (C=O) groups excluding carboxylic acids is 1. The number of nitrogens with one attached hydrogen (secondary N) is 2. The van der Waals surface area contributed by atoms with E-state index in [4.69, 9.17) is 0 Å². The number of sulfone groups is 1. The summed E-state index contributed by atoms with van der Waals surface area (Å²) in [5.41, 5.74) is 2.58. The van der Waals surface area contributed by atoms with Crippen LogP contribution in [0.3, 0.4) is 0 Å². The molecule has 0 unspecified atom stereocenters. The molecule has 0 spiro atoms. The van der Waals surface area contributed by atoms with Gasteiger partial charge in [0, 0.05) is 37.4 Å². The molecule has 2 aromatic heterocycles. The number of piperazine rings is 1. The zero-order valence-electron chi connectivity index (χ0n) is 21.5. The van der Waals surface area contributed by atoms with E-state index in [2.05, 4.69) is 32.5 Å². The highest BCUT2D eigenvalue weighted by Gasteiger charge is 2.23. The van der Waals surface area contributed by atoms with Gasteiger partial charge < -0.3 is 20.4 Å². The smallest absolute Gasteiger partial charge is 0.253 e. The van der Waals surface area contributed by atoms with Crippen molar-refractivity contribution >= 4 is 60.4 Å². The molecule has 11 heteroatoms. The lowest BCUT2D eigenvalue weighted by Crippen LogP contribution is -2.47. The minimum atomic E-state index is -3.50. The van der Waals surface area contributed by atoms with Crippen molar-refractivity contribution in [2.24, 2.45) is 0 Å². The van der Waals surface area contributed by atoms with E-state index >= 15 is 0 Å². The number of anilines is 4. The maximum atomic E-state index is 12.9. The van der Waals surface area contributed by atoms with Crippen LogP contribution in [0.1, 0.15) is 24.2 Å². The minimum absolute atomic E-state index is 0.0297. The number of aromatic nitrogens is 2. The van der Waals surface area contributed by atoms with E-state index < -0.39 is 15.1 Å². The summed E-state index contributed by atoms with van der Waals surface area (Å²) < 4.78 is 26.7. The van der Waals surface area contributed by atoms with Crippen LogP contribution >= 0.6 is 11.3 Å². The number of amides is 1. The monoisotopic (exact) mass is 550 g/mol. The number of hydrogen-bond donors (Lipinski definition) is 2. The van der Waals surface area contributed by atoms with Gasteiger partial charge in [0.15, 0.2) is 15.7 Å². The molecule has 4 aromatic rings. The molecule has 0 radical (unpaired) electrons. The number of nitrogens with zero attached hydrogens (tertiary/aromatic N) is 4. The van der Waals surface area contributed by atoms with Gasteiger partial charge in [0.2, 0.25) is 5.95 Å². The SMILES string of the molecule is CC(C)S(=O)(=O)c1ccccc1Nc1nc(Nc2ccc(C(=O)N3CCN(C)CC3)cc2)nc2ccsc12. The van der Waals surface area contributed by atoms with Crippen LogP contribution in [-0.4, -0.2) is 72.6 Å². The topological polar surface area (TPSA) is 108 Å². The Balaban J connectivity index is 1.39. The summed E-state index contributed by atoms with van der Waals surface area (Å²) >= 11 is 1.48. The Morgan fingerprint density at radius 2 is 1.66 bits per heavy atom. The largest absolute Gasteiger partial charge is 0.338 e. The van der Waals surface area contributed by atoms with Crippen molar-refractivity contribution in [1.29, 1.82) is 0 Å². The van der Waals surface area contributed by atoms with Crippen molar-refractivity contribution in [1.82, 2.24) is 19.8 Å². The Labute approximate surface area is 226 Å². The normalized spacial score (nSPS) is 14.7. The van der Waals surface area contributed by atoms with Gasteiger partial charge >= 0.3 is 0 Å². The number of hydrogen-bond acceptors (Lipinski definition) is 9. The van der Waals surface area contributed by atoms with Crippen molar-refractivity contribution in [3.05, 3.63) is 65.5 Å². The maximum Gasteiger partial charge on any atom is 0.253 e. The predicted octanol–water partition coefficient (Wildman–Crippen LogP) is 4.75. The van der Waals surface area contributed by atoms with Gasteiger partial charge in [-0.1, -0.05) is 12.1 Å². The van der Waals surface area contributed by atoms with Crippen LogP contribution in [0, 0.1) is 0 Å². The first-order valence-electron chi connectivity index (χ1n) is 12.4. The van der Waals surface area contributed by atoms with Gasteiger partial charge in [-0.05, 0) is 68.7 Å². The van der Waals surface area contributed by atoms with Crippen LogP contribution in [0.25, 0.3) is 10.2 Å². The molecule has 1 fully saturated rings.